The Morgan fingerprint density at radius 3 is 2.57 bits per heavy atom. The van der Waals surface area contributed by atoms with E-state index in [-0.39, 0.29) is 24.3 Å². The van der Waals surface area contributed by atoms with Crippen molar-refractivity contribution in [3.8, 4) is 0 Å². The van der Waals surface area contributed by atoms with E-state index in [1.165, 1.54) is 4.90 Å². The average Bonchev–Trinajstić information content (AvgIpc) is 2.54. The molecule has 0 atom stereocenters. The number of amides is 2. The molecular formula is C16H26N2O5. The van der Waals surface area contributed by atoms with Crippen molar-refractivity contribution in [2.45, 2.75) is 25.7 Å². The molecule has 1 aliphatic rings. The lowest BCUT2D eigenvalue weighted by molar-refractivity contribution is -0.146. The minimum Gasteiger partial charge on any atom is -0.481 e. The Hall–Kier alpha value is -1.89. The Kier molecular flexibility index (Phi) is 8.32. The maximum atomic E-state index is 12.2. The van der Waals surface area contributed by atoms with Gasteiger partial charge in [-0.3, -0.25) is 14.4 Å². The molecule has 0 aliphatic carbocycles. The lowest BCUT2D eigenvalue weighted by atomic mass is 9.97. The molecule has 23 heavy (non-hydrogen) atoms. The standard InChI is InChI=1S/C16H26N2O5/c1-3-10-23-11-4-5-14(19)17(2)12-15(20)18-8-6-13(7-9-18)16(21)22/h3,13H,1,4-12H2,2H3,(H,21,22). The van der Waals surface area contributed by atoms with Gasteiger partial charge in [0.1, 0.15) is 0 Å². The summed E-state index contributed by atoms with van der Waals surface area (Å²) in [6, 6.07) is 0. The van der Waals surface area contributed by atoms with Crippen molar-refractivity contribution in [3.05, 3.63) is 12.7 Å². The number of carbonyl (C=O) groups excluding carboxylic acids is 2. The molecule has 0 spiro atoms. The molecule has 1 N–H and O–H groups in total. The van der Waals surface area contributed by atoms with Gasteiger partial charge in [-0.25, -0.2) is 0 Å². The monoisotopic (exact) mass is 326 g/mol. The van der Waals surface area contributed by atoms with Crippen LogP contribution in [0.1, 0.15) is 25.7 Å². The molecule has 1 rings (SSSR count). The molecule has 0 aromatic rings. The molecule has 7 heteroatoms. The van der Waals surface area contributed by atoms with Crippen LogP contribution in [0, 0.1) is 5.92 Å². The molecule has 0 radical (unpaired) electrons. The van der Waals surface area contributed by atoms with Crippen LogP contribution in [0.3, 0.4) is 0 Å². The zero-order valence-electron chi connectivity index (χ0n) is 13.7. The van der Waals surface area contributed by atoms with Crippen molar-refractivity contribution >= 4 is 17.8 Å². The van der Waals surface area contributed by atoms with Crippen molar-refractivity contribution in [1.82, 2.24) is 9.80 Å². The van der Waals surface area contributed by atoms with Gasteiger partial charge >= 0.3 is 5.97 Å². The SMILES string of the molecule is C=CCOCCCC(=O)N(C)CC(=O)N1CCC(C(=O)O)CC1. The van der Waals surface area contributed by atoms with Crippen LogP contribution >= 0.6 is 0 Å². The normalized spacial score (nSPS) is 15.3. The lowest BCUT2D eigenvalue weighted by Gasteiger charge is -2.31. The van der Waals surface area contributed by atoms with Crippen LogP contribution in [0.4, 0.5) is 0 Å². The third-order valence-corrected chi connectivity index (χ3v) is 3.91. The molecule has 1 heterocycles. The second kappa shape index (κ2) is 9.99. The number of hydrogen-bond acceptors (Lipinski definition) is 4. The molecule has 1 saturated heterocycles. The third-order valence-electron chi connectivity index (χ3n) is 3.91. The fraction of sp³-hybridized carbons (Fsp3) is 0.688. The number of carboxylic acid groups (broad SMARTS) is 1. The molecule has 0 unspecified atom stereocenters. The Bertz CT molecular complexity index is 430. The molecule has 0 aromatic carbocycles. The fourth-order valence-corrected chi connectivity index (χ4v) is 2.45. The molecule has 0 aromatic heterocycles. The first-order valence-corrected chi connectivity index (χ1v) is 7.89. The summed E-state index contributed by atoms with van der Waals surface area (Å²) in [7, 11) is 1.61. The molecular weight excluding hydrogens is 300 g/mol. The number of rotatable bonds is 9. The second-order valence-corrected chi connectivity index (χ2v) is 5.71. The van der Waals surface area contributed by atoms with E-state index in [9.17, 15) is 14.4 Å². The topological polar surface area (TPSA) is 87.2 Å². The van der Waals surface area contributed by atoms with E-state index < -0.39 is 5.97 Å². The zero-order chi connectivity index (χ0) is 17.2. The van der Waals surface area contributed by atoms with Gasteiger partial charge in [0.2, 0.25) is 11.8 Å². The Morgan fingerprint density at radius 1 is 1.35 bits per heavy atom. The van der Waals surface area contributed by atoms with E-state index in [2.05, 4.69) is 6.58 Å². The highest BCUT2D eigenvalue weighted by atomic mass is 16.5. The first-order chi connectivity index (χ1) is 11.0. The van der Waals surface area contributed by atoms with E-state index in [0.29, 0.717) is 52.0 Å². The van der Waals surface area contributed by atoms with Crippen LogP contribution in [0.15, 0.2) is 12.7 Å². The quantitative estimate of drug-likeness (QED) is 0.499. The van der Waals surface area contributed by atoms with Gasteiger partial charge in [0.25, 0.3) is 0 Å². The van der Waals surface area contributed by atoms with Gasteiger partial charge in [-0.1, -0.05) is 6.08 Å². The number of likely N-dealkylation sites (tertiary alicyclic amines) is 1. The summed E-state index contributed by atoms with van der Waals surface area (Å²) in [6.07, 6.45) is 3.54. The van der Waals surface area contributed by atoms with Crippen LogP contribution in [-0.2, 0) is 19.1 Å². The molecule has 1 aliphatic heterocycles. The van der Waals surface area contributed by atoms with Gasteiger partial charge in [0.05, 0.1) is 19.1 Å². The van der Waals surface area contributed by atoms with Crippen molar-refractivity contribution in [2.24, 2.45) is 5.92 Å². The molecule has 0 bridgehead atoms. The number of carboxylic acids is 1. The number of hydrogen-bond donors (Lipinski definition) is 1. The van der Waals surface area contributed by atoms with Crippen LogP contribution in [-0.4, -0.2) is 72.6 Å². The van der Waals surface area contributed by atoms with Gasteiger partial charge in [0.15, 0.2) is 0 Å². The van der Waals surface area contributed by atoms with E-state index >= 15 is 0 Å². The number of nitrogens with zero attached hydrogens (tertiary/aromatic N) is 2. The average molecular weight is 326 g/mol. The van der Waals surface area contributed by atoms with Crippen LogP contribution < -0.4 is 0 Å². The van der Waals surface area contributed by atoms with E-state index in [1.54, 1.807) is 18.0 Å². The molecule has 7 nitrogen and oxygen atoms in total. The number of piperidine rings is 1. The predicted molar refractivity (Wildman–Crippen MR) is 84.8 cm³/mol. The maximum absolute atomic E-state index is 12.2. The summed E-state index contributed by atoms with van der Waals surface area (Å²) in [4.78, 5) is 38.0. The summed E-state index contributed by atoms with van der Waals surface area (Å²) >= 11 is 0. The van der Waals surface area contributed by atoms with E-state index in [1.807, 2.05) is 0 Å². The van der Waals surface area contributed by atoms with Gasteiger partial charge in [-0.15, -0.1) is 6.58 Å². The molecule has 0 saturated carbocycles. The van der Waals surface area contributed by atoms with Gasteiger partial charge in [-0.2, -0.15) is 0 Å². The molecule has 130 valence electrons. The Balaban J connectivity index is 2.26. The van der Waals surface area contributed by atoms with E-state index in [0.717, 1.165) is 0 Å². The van der Waals surface area contributed by atoms with Crippen LogP contribution in [0.25, 0.3) is 0 Å². The minimum atomic E-state index is -0.803. The minimum absolute atomic E-state index is 0.0318. The Labute approximate surface area is 136 Å². The summed E-state index contributed by atoms with van der Waals surface area (Å²) in [5.41, 5.74) is 0. The number of ether oxygens (including phenoxy) is 1. The second-order valence-electron chi connectivity index (χ2n) is 5.71. The summed E-state index contributed by atoms with van der Waals surface area (Å²) < 4.78 is 5.21. The van der Waals surface area contributed by atoms with Crippen molar-refractivity contribution in [2.75, 3.05) is 39.9 Å². The van der Waals surface area contributed by atoms with E-state index in [4.69, 9.17) is 9.84 Å². The molecule has 1 fully saturated rings. The highest BCUT2D eigenvalue weighted by Crippen LogP contribution is 2.17. The predicted octanol–water partition coefficient (Wildman–Crippen LogP) is 0.751. The summed E-state index contributed by atoms with van der Waals surface area (Å²) in [5.74, 6) is -1.40. The number of likely N-dealkylation sites (N-methyl/N-ethyl adjacent to an activating group) is 1. The van der Waals surface area contributed by atoms with Crippen LogP contribution in [0.5, 0.6) is 0 Å². The van der Waals surface area contributed by atoms with Gasteiger partial charge in [0, 0.05) is 33.2 Å². The lowest BCUT2D eigenvalue weighted by Crippen LogP contribution is -2.45. The Morgan fingerprint density at radius 2 is 2.00 bits per heavy atom. The highest BCUT2D eigenvalue weighted by molar-refractivity contribution is 5.84. The highest BCUT2D eigenvalue weighted by Gasteiger charge is 2.27. The fourth-order valence-electron chi connectivity index (χ4n) is 2.45. The van der Waals surface area contributed by atoms with Crippen molar-refractivity contribution < 1.29 is 24.2 Å². The molecule has 2 amide bonds. The first kappa shape index (κ1) is 19.2. The number of carbonyl (C=O) groups is 3. The van der Waals surface area contributed by atoms with Crippen LogP contribution in [0.2, 0.25) is 0 Å². The van der Waals surface area contributed by atoms with Crippen molar-refractivity contribution in [3.63, 3.8) is 0 Å². The first-order valence-electron chi connectivity index (χ1n) is 7.89. The number of aliphatic carboxylic acids is 1. The summed E-state index contributed by atoms with van der Waals surface area (Å²) in [5, 5.41) is 8.95. The largest absolute Gasteiger partial charge is 0.481 e. The van der Waals surface area contributed by atoms with Gasteiger partial charge in [-0.05, 0) is 19.3 Å². The summed E-state index contributed by atoms with van der Waals surface area (Å²) in [6.45, 7) is 5.40. The smallest absolute Gasteiger partial charge is 0.306 e. The third kappa shape index (κ3) is 6.81. The van der Waals surface area contributed by atoms with Gasteiger partial charge < -0.3 is 19.6 Å². The van der Waals surface area contributed by atoms with Crippen molar-refractivity contribution in [1.29, 1.82) is 0 Å². The maximum Gasteiger partial charge on any atom is 0.306 e. The zero-order valence-corrected chi connectivity index (χ0v) is 13.7.